The Balaban J connectivity index is 0.000000720. The van der Waals surface area contributed by atoms with Crippen molar-refractivity contribution < 1.29 is 4.74 Å². The van der Waals surface area contributed by atoms with Crippen LogP contribution in [0.5, 0.6) is 0 Å². The topological polar surface area (TPSA) is 21.3 Å². The first-order valence-corrected chi connectivity index (χ1v) is 3.87. The molecule has 1 aliphatic rings. The lowest BCUT2D eigenvalue weighted by Crippen LogP contribution is -2.13. The molecule has 1 aromatic carbocycles. The molecular weight excluding hydrogens is 174 g/mol. The summed E-state index contributed by atoms with van der Waals surface area (Å²) < 4.78 is 5.43. The van der Waals surface area contributed by atoms with Gasteiger partial charge in [-0.3, -0.25) is 5.32 Å². The summed E-state index contributed by atoms with van der Waals surface area (Å²) >= 11 is 0. The zero-order chi connectivity index (χ0) is 7.52. The Hall–Kier alpha value is -0.570. The molecule has 1 atom stereocenters. The Morgan fingerprint density at radius 3 is 2.58 bits per heavy atom. The van der Waals surface area contributed by atoms with E-state index in [0.29, 0.717) is 0 Å². The summed E-state index contributed by atoms with van der Waals surface area (Å²) in [4.78, 5) is 0. The molecule has 2 rings (SSSR count). The normalized spacial score (nSPS) is 21.8. The molecule has 3 heteroatoms. The van der Waals surface area contributed by atoms with Crippen LogP contribution >= 0.6 is 12.4 Å². The summed E-state index contributed by atoms with van der Waals surface area (Å²) in [5.41, 5.74) is 1.21. The summed E-state index contributed by atoms with van der Waals surface area (Å²) in [6.07, 6.45) is 0.121. The fraction of sp³-hybridized carbons (Fsp3) is 0.333. The van der Waals surface area contributed by atoms with Gasteiger partial charge >= 0.3 is 0 Å². The fourth-order valence-electron chi connectivity index (χ4n) is 1.27. The van der Waals surface area contributed by atoms with Crippen molar-refractivity contribution in [3.63, 3.8) is 0 Å². The summed E-state index contributed by atoms with van der Waals surface area (Å²) in [5, 5.41) is 3.25. The minimum atomic E-state index is 0. The van der Waals surface area contributed by atoms with Crippen molar-refractivity contribution in [3.8, 4) is 0 Å². The van der Waals surface area contributed by atoms with Crippen LogP contribution in [0, 0.1) is 0 Å². The van der Waals surface area contributed by atoms with Crippen LogP contribution in [-0.4, -0.2) is 13.2 Å². The van der Waals surface area contributed by atoms with Gasteiger partial charge in [0.25, 0.3) is 0 Å². The van der Waals surface area contributed by atoms with Gasteiger partial charge in [0.15, 0.2) is 0 Å². The highest BCUT2D eigenvalue weighted by molar-refractivity contribution is 5.85. The second-order valence-corrected chi connectivity index (χ2v) is 2.62. The zero-order valence-electron chi connectivity index (χ0n) is 6.69. The van der Waals surface area contributed by atoms with Crippen molar-refractivity contribution in [2.45, 2.75) is 6.23 Å². The van der Waals surface area contributed by atoms with Crippen molar-refractivity contribution in [2.24, 2.45) is 0 Å². The molecule has 0 radical (unpaired) electrons. The van der Waals surface area contributed by atoms with E-state index in [-0.39, 0.29) is 18.6 Å². The monoisotopic (exact) mass is 185 g/mol. The van der Waals surface area contributed by atoms with Crippen molar-refractivity contribution in [1.29, 1.82) is 0 Å². The number of halogens is 1. The van der Waals surface area contributed by atoms with Crippen LogP contribution in [0.1, 0.15) is 11.8 Å². The highest BCUT2D eigenvalue weighted by Gasteiger charge is 2.15. The average Bonchev–Trinajstić information content (AvgIpc) is 2.58. The van der Waals surface area contributed by atoms with Crippen molar-refractivity contribution in [3.05, 3.63) is 35.9 Å². The van der Waals surface area contributed by atoms with Crippen LogP contribution in [0.2, 0.25) is 0 Å². The van der Waals surface area contributed by atoms with E-state index in [0.717, 1.165) is 13.2 Å². The predicted molar refractivity (Wildman–Crippen MR) is 50.4 cm³/mol. The molecule has 0 bridgehead atoms. The summed E-state index contributed by atoms with van der Waals surface area (Å²) in [6, 6.07) is 10.2. The molecule has 1 fully saturated rings. The Morgan fingerprint density at radius 2 is 2.00 bits per heavy atom. The Morgan fingerprint density at radius 1 is 1.25 bits per heavy atom. The van der Waals surface area contributed by atoms with Gasteiger partial charge in [-0.15, -0.1) is 12.4 Å². The molecule has 1 saturated heterocycles. The lowest BCUT2D eigenvalue weighted by atomic mass is 10.2. The van der Waals surface area contributed by atoms with E-state index in [1.165, 1.54) is 5.56 Å². The van der Waals surface area contributed by atoms with Gasteiger partial charge in [0.05, 0.1) is 6.61 Å². The van der Waals surface area contributed by atoms with E-state index in [1.807, 2.05) is 18.2 Å². The molecule has 66 valence electrons. The molecule has 1 heterocycles. The second kappa shape index (κ2) is 4.45. The van der Waals surface area contributed by atoms with Crippen LogP contribution in [-0.2, 0) is 4.74 Å². The van der Waals surface area contributed by atoms with E-state index in [4.69, 9.17) is 4.74 Å². The number of ether oxygens (including phenoxy) is 1. The molecule has 2 nitrogen and oxygen atoms in total. The van der Waals surface area contributed by atoms with E-state index in [1.54, 1.807) is 0 Å². The molecule has 1 aromatic rings. The van der Waals surface area contributed by atoms with Gasteiger partial charge in [0.2, 0.25) is 0 Å². The largest absolute Gasteiger partial charge is 0.358 e. The third kappa shape index (κ3) is 1.97. The Bertz CT molecular complexity index is 221. The first-order chi connectivity index (χ1) is 5.47. The van der Waals surface area contributed by atoms with Gasteiger partial charge in [-0.05, 0) is 5.56 Å². The van der Waals surface area contributed by atoms with E-state index >= 15 is 0 Å². The van der Waals surface area contributed by atoms with Gasteiger partial charge in [-0.2, -0.15) is 0 Å². The Labute approximate surface area is 78.3 Å². The maximum atomic E-state index is 5.43. The number of nitrogens with one attached hydrogen (secondary N) is 1. The molecule has 0 unspecified atom stereocenters. The van der Waals surface area contributed by atoms with Crippen LogP contribution in [0.25, 0.3) is 0 Å². The minimum absolute atomic E-state index is 0. The third-order valence-corrected chi connectivity index (χ3v) is 1.82. The Kier molecular flexibility index (Phi) is 3.53. The van der Waals surface area contributed by atoms with Crippen molar-refractivity contribution >= 4 is 12.4 Å². The number of hydrogen-bond acceptors (Lipinski definition) is 2. The van der Waals surface area contributed by atoms with Gasteiger partial charge in [-0.25, -0.2) is 0 Å². The summed E-state index contributed by atoms with van der Waals surface area (Å²) in [5.74, 6) is 0. The predicted octanol–water partition coefficient (Wildman–Crippen LogP) is 1.73. The number of rotatable bonds is 1. The van der Waals surface area contributed by atoms with E-state index in [2.05, 4.69) is 17.4 Å². The maximum Gasteiger partial charge on any atom is 0.134 e. The SMILES string of the molecule is Cl.c1ccc([C@H]2NCCO2)cc1. The molecule has 12 heavy (non-hydrogen) atoms. The van der Waals surface area contributed by atoms with Gasteiger partial charge in [0.1, 0.15) is 6.23 Å². The second-order valence-electron chi connectivity index (χ2n) is 2.62. The lowest BCUT2D eigenvalue weighted by Gasteiger charge is -2.08. The molecule has 0 saturated carbocycles. The molecule has 0 amide bonds. The highest BCUT2D eigenvalue weighted by Crippen LogP contribution is 2.16. The van der Waals surface area contributed by atoms with Crippen molar-refractivity contribution in [1.82, 2.24) is 5.32 Å². The average molecular weight is 186 g/mol. The lowest BCUT2D eigenvalue weighted by molar-refractivity contribution is 0.102. The molecule has 1 N–H and O–H groups in total. The van der Waals surface area contributed by atoms with E-state index < -0.39 is 0 Å². The number of hydrogen-bond donors (Lipinski definition) is 1. The molecule has 1 aliphatic heterocycles. The molecule has 0 aromatic heterocycles. The molecule has 0 aliphatic carbocycles. The maximum absolute atomic E-state index is 5.43. The van der Waals surface area contributed by atoms with E-state index in [9.17, 15) is 0 Å². The van der Waals surface area contributed by atoms with Crippen LogP contribution < -0.4 is 5.32 Å². The first-order valence-electron chi connectivity index (χ1n) is 3.87. The first kappa shape index (κ1) is 9.52. The fourth-order valence-corrected chi connectivity index (χ4v) is 1.27. The summed E-state index contributed by atoms with van der Waals surface area (Å²) in [6.45, 7) is 1.78. The zero-order valence-corrected chi connectivity index (χ0v) is 7.51. The number of benzene rings is 1. The summed E-state index contributed by atoms with van der Waals surface area (Å²) in [7, 11) is 0. The van der Waals surface area contributed by atoms with Gasteiger partial charge in [0, 0.05) is 6.54 Å². The molecular formula is C9H12ClNO. The van der Waals surface area contributed by atoms with Gasteiger partial charge < -0.3 is 4.74 Å². The van der Waals surface area contributed by atoms with Crippen LogP contribution in [0.3, 0.4) is 0 Å². The smallest absolute Gasteiger partial charge is 0.134 e. The standard InChI is InChI=1S/C9H11NO.ClH/c1-2-4-8(5-3-1)9-10-6-7-11-9;/h1-5,9-10H,6-7H2;1H/t9-;/m0./s1. The molecule has 0 spiro atoms. The van der Waals surface area contributed by atoms with Crippen LogP contribution in [0.4, 0.5) is 0 Å². The van der Waals surface area contributed by atoms with Crippen LogP contribution in [0.15, 0.2) is 30.3 Å². The third-order valence-electron chi connectivity index (χ3n) is 1.82. The quantitative estimate of drug-likeness (QED) is 0.720. The minimum Gasteiger partial charge on any atom is -0.358 e. The highest BCUT2D eigenvalue weighted by atomic mass is 35.5. The van der Waals surface area contributed by atoms with Crippen molar-refractivity contribution in [2.75, 3.05) is 13.2 Å². The van der Waals surface area contributed by atoms with Gasteiger partial charge in [-0.1, -0.05) is 30.3 Å².